The van der Waals surface area contributed by atoms with Gasteiger partial charge in [-0.25, -0.2) is 5.10 Å². The second-order valence-electron chi connectivity index (χ2n) is 6.66. The lowest BCUT2D eigenvalue weighted by molar-refractivity contribution is -0.152. The molecule has 3 aromatic rings. The van der Waals surface area contributed by atoms with Gasteiger partial charge in [0.05, 0.1) is 17.5 Å². The van der Waals surface area contributed by atoms with Crippen molar-refractivity contribution < 1.29 is 14.3 Å². The largest absolute Gasteiger partial charge is 0.452 e. The van der Waals surface area contributed by atoms with Crippen molar-refractivity contribution in [2.45, 2.75) is 33.3 Å². The van der Waals surface area contributed by atoms with Gasteiger partial charge in [0.1, 0.15) is 0 Å². The van der Waals surface area contributed by atoms with Crippen molar-refractivity contribution in [3.63, 3.8) is 0 Å². The minimum Gasteiger partial charge on any atom is -0.452 e. The first-order chi connectivity index (χ1) is 13.3. The number of aryl methyl sites for hydroxylation is 2. The number of esters is 1. The van der Waals surface area contributed by atoms with Gasteiger partial charge >= 0.3 is 5.97 Å². The Hall–Kier alpha value is -3.48. The Labute approximate surface area is 161 Å². The highest BCUT2D eigenvalue weighted by Gasteiger charge is 2.20. The number of rotatable bonds is 5. The number of benzene rings is 2. The molecule has 0 fully saturated rings. The first kappa shape index (κ1) is 19.3. The molecular formula is C21H21N3O4. The van der Waals surface area contributed by atoms with Crippen molar-refractivity contribution in [1.29, 1.82) is 0 Å². The topological polar surface area (TPSA) is 101 Å². The summed E-state index contributed by atoms with van der Waals surface area (Å²) in [6, 6.07) is 12.5. The maximum Gasteiger partial charge on any atom is 0.312 e. The van der Waals surface area contributed by atoms with E-state index in [0.717, 1.165) is 11.1 Å². The van der Waals surface area contributed by atoms with Crippen molar-refractivity contribution in [2.75, 3.05) is 5.32 Å². The summed E-state index contributed by atoms with van der Waals surface area (Å²) < 4.78 is 5.25. The normalized spacial score (nSPS) is 11.8. The van der Waals surface area contributed by atoms with E-state index < -0.39 is 18.0 Å². The van der Waals surface area contributed by atoms with Gasteiger partial charge in [0.15, 0.2) is 6.10 Å². The van der Waals surface area contributed by atoms with Gasteiger partial charge in [-0.15, -0.1) is 0 Å². The van der Waals surface area contributed by atoms with Gasteiger partial charge in [0.2, 0.25) is 0 Å². The number of nitrogens with zero attached hydrogens (tertiary/aromatic N) is 1. The number of fused-ring (bicyclic) bond motifs is 1. The van der Waals surface area contributed by atoms with Crippen LogP contribution in [-0.2, 0) is 20.7 Å². The number of amides is 1. The molecule has 1 atom stereocenters. The van der Waals surface area contributed by atoms with Crippen LogP contribution in [0.4, 0.5) is 5.69 Å². The van der Waals surface area contributed by atoms with Gasteiger partial charge in [0, 0.05) is 11.1 Å². The van der Waals surface area contributed by atoms with Crippen LogP contribution >= 0.6 is 0 Å². The maximum atomic E-state index is 12.3. The van der Waals surface area contributed by atoms with Gasteiger partial charge in [-0.05, 0) is 38.5 Å². The number of carbonyl (C=O) groups is 2. The van der Waals surface area contributed by atoms with Crippen molar-refractivity contribution >= 4 is 28.3 Å². The molecule has 1 aromatic heterocycles. The Morgan fingerprint density at radius 2 is 1.86 bits per heavy atom. The third-order valence-electron chi connectivity index (χ3n) is 4.40. The van der Waals surface area contributed by atoms with Gasteiger partial charge in [0.25, 0.3) is 11.5 Å². The number of H-pyrrole nitrogens is 1. The average molecular weight is 379 g/mol. The summed E-state index contributed by atoms with van der Waals surface area (Å²) in [5.74, 6) is -1.02. The second kappa shape index (κ2) is 8.04. The Morgan fingerprint density at radius 3 is 2.57 bits per heavy atom. The summed E-state index contributed by atoms with van der Waals surface area (Å²) in [6.45, 7) is 5.37. The summed E-state index contributed by atoms with van der Waals surface area (Å²) in [5.41, 5.74) is 2.76. The van der Waals surface area contributed by atoms with Crippen molar-refractivity contribution in [2.24, 2.45) is 0 Å². The third kappa shape index (κ3) is 4.25. The number of carbonyl (C=O) groups excluding carboxylic acids is 2. The predicted octanol–water partition coefficient (Wildman–Crippen LogP) is 2.65. The van der Waals surface area contributed by atoms with Crippen LogP contribution < -0.4 is 10.9 Å². The maximum absolute atomic E-state index is 12.3. The van der Waals surface area contributed by atoms with Gasteiger partial charge in [-0.1, -0.05) is 35.9 Å². The van der Waals surface area contributed by atoms with E-state index in [1.54, 1.807) is 24.3 Å². The number of nitrogens with one attached hydrogen (secondary N) is 2. The molecule has 2 N–H and O–H groups in total. The number of aromatic amines is 1. The minimum absolute atomic E-state index is 0.154. The second-order valence-corrected chi connectivity index (χ2v) is 6.66. The van der Waals surface area contributed by atoms with E-state index in [9.17, 15) is 14.4 Å². The summed E-state index contributed by atoms with van der Waals surface area (Å²) >= 11 is 0. The van der Waals surface area contributed by atoms with Gasteiger partial charge in [-0.3, -0.25) is 14.4 Å². The molecule has 0 bridgehead atoms. The number of anilines is 1. The molecule has 7 heteroatoms. The van der Waals surface area contributed by atoms with Crippen LogP contribution in [0.2, 0.25) is 0 Å². The Morgan fingerprint density at radius 1 is 1.14 bits per heavy atom. The Bertz CT molecular complexity index is 1100. The Balaban J connectivity index is 1.67. The summed E-state index contributed by atoms with van der Waals surface area (Å²) in [4.78, 5) is 36.4. The molecule has 7 nitrogen and oxygen atoms in total. The molecule has 1 amide bonds. The number of ether oxygens (including phenoxy) is 1. The van der Waals surface area contributed by atoms with Crippen molar-refractivity contribution in [3.05, 3.63) is 69.6 Å². The standard InChI is InChI=1S/C21H21N3O4/c1-12-8-9-17(13(2)10-12)22-20(26)14(3)28-19(25)11-18-15-6-4-5-7-16(15)21(27)24-23-18/h4-10,14H,11H2,1-3H3,(H,22,26)(H,24,27)/t14-/m1/s1. The fourth-order valence-corrected chi connectivity index (χ4v) is 2.92. The molecule has 0 spiro atoms. The number of hydrogen-bond donors (Lipinski definition) is 2. The van der Waals surface area contributed by atoms with Crippen LogP contribution in [0.3, 0.4) is 0 Å². The minimum atomic E-state index is -0.970. The van der Waals surface area contributed by atoms with Crippen molar-refractivity contribution in [3.8, 4) is 0 Å². The van der Waals surface area contributed by atoms with E-state index in [1.165, 1.54) is 6.92 Å². The lowest BCUT2D eigenvalue weighted by Crippen LogP contribution is -2.31. The fraction of sp³-hybridized carbons (Fsp3) is 0.238. The zero-order valence-electron chi connectivity index (χ0n) is 15.9. The average Bonchev–Trinajstić information content (AvgIpc) is 2.66. The fourth-order valence-electron chi connectivity index (χ4n) is 2.92. The zero-order valence-corrected chi connectivity index (χ0v) is 15.9. The monoisotopic (exact) mass is 379 g/mol. The molecule has 0 aliphatic rings. The molecule has 0 saturated heterocycles. The summed E-state index contributed by atoms with van der Waals surface area (Å²) in [5, 5.41) is 10.1. The quantitative estimate of drug-likeness (QED) is 0.664. The van der Waals surface area contributed by atoms with Gasteiger partial charge in [-0.2, -0.15) is 5.10 Å². The SMILES string of the molecule is Cc1ccc(NC(=O)[C@@H](C)OC(=O)Cc2n[nH]c(=O)c3ccccc23)c(C)c1. The molecule has 0 aliphatic heterocycles. The molecule has 0 unspecified atom stereocenters. The van der Waals surface area contributed by atoms with Crippen LogP contribution in [-0.4, -0.2) is 28.2 Å². The van der Waals surface area contributed by atoms with Crippen LogP contribution in [0.15, 0.2) is 47.3 Å². The van der Waals surface area contributed by atoms with Crippen molar-refractivity contribution in [1.82, 2.24) is 10.2 Å². The zero-order chi connectivity index (χ0) is 20.3. The molecule has 1 heterocycles. The lowest BCUT2D eigenvalue weighted by Gasteiger charge is -2.15. The molecule has 0 radical (unpaired) electrons. The molecule has 0 aliphatic carbocycles. The highest BCUT2D eigenvalue weighted by atomic mass is 16.5. The lowest BCUT2D eigenvalue weighted by atomic mass is 10.1. The van der Waals surface area contributed by atoms with E-state index >= 15 is 0 Å². The first-order valence-electron chi connectivity index (χ1n) is 8.89. The van der Waals surface area contributed by atoms with Crippen LogP contribution in [0.25, 0.3) is 10.8 Å². The van der Waals surface area contributed by atoms with Crippen LogP contribution in [0.1, 0.15) is 23.7 Å². The molecule has 28 heavy (non-hydrogen) atoms. The highest BCUT2D eigenvalue weighted by molar-refractivity contribution is 5.96. The molecule has 3 rings (SSSR count). The smallest absolute Gasteiger partial charge is 0.312 e. The van der Waals surface area contributed by atoms with Crippen LogP contribution in [0.5, 0.6) is 0 Å². The third-order valence-corrected chi connectivity index (χ3v) is 4.40. The summed E-state index contributed by atoms with van der Waals surface area (Å²) in [6.07, 6.45) is -1.12. The molecular weight excluding hydrogens is 358 g/mol. The van der Waals surface area contributed by atoms with E-state index in [1.807, 2.05) is 32.0 Å². The highest BCUT2D eigenvalue weighted by Crippen LogP contribution is 2.17. The molecule has 144 valence electrons. The van der Waals surface area contributed by atoms with E-state index in [-0.39, 0.29) is 12.0 Å². The first-order valence-corrected chi connectivity index (χ1v) is 8.89. The van der Waals surface area contributed by atoms with E-state index in [0.29, 0.717) is 22.2 Å². The molecule has 0 saturated carbocycles. The molecule has 2 aromatic carbocycles. The Kier molecular flexibility index (Phi) is 5.54. The van der Waals surface area contributed by atoms with E-state index in [2.05, 4.69) is 15.5 Å². The number of hydrogen-bond acceptors (Lipinski definition) is 5. The number of aromatic nitrogens is 2. The van der Waals surface area contributed by atoms with Gasteiger partial charge < -0.3 is 10.1 Å². The van der Waals surface area contributed by atoms with Crippen LogP contribution in [0, 0.1) is 13.8 Å². The van der Waals surface area contributed by atoms with E-state index in [4.69, 9.17) is 4.74 Å². The summed E-state index contributed by atoms with van der Waals surface area (Å²) in [7, 11) is 0. The predicted molar refractivity (Wildman–Crippen MR) is 106 cm³/mol.